The third kappa shape index (κ3) is 8.85. The van der Waals surface area contributed by atoms with Gasteiger partial charge >= 0.3 is 0 Å². The summed E-state index contributed by atoms with van der Waals surface area (Å²) in [5, 5.41) is 0. The number of rotatable bonds is 9. The van der Waals surface area contributed by atoms with E-state index in [2.05, 4.69) is 32.6 Å². The van der Waals surface area contributed by atoms with Crippen LogP contribution in [0.3, 0.4) is 0 Å². The molecule has 2 N–H and O–H groups in total. The maximum atomic E-state index is 5.58. The minimum atomic E-state index is 0.583. The van der Waals surface area contributed by atoms with Crippen molar-refractivity contribution in [3.05, 3.63) is 0 Å². The second kappa shape index (κ2) is 9.13. The Morgan fingerprint density at radius 3 is 2.27 bits per heavy atom. The van der Waals surface area contributed by atoms with Crippen LogP contribution in [0.2, 0.25) is 0 Å². The van der Waals surface area contributed by atoms with Gasteiger partial charge in [-0.3, -0.25) is 4.90 Å². The molecule has 0 aromatic carbocycles. The molecule has 0 heterocycles. The number of ether oxygens (including phenoxy) is 1. The monoisotopic (exact) mass is 216 g/mol. The van der Waals surface area contributed by atoms with Crippen LogP contribution in [-0.4, -0.2) is 43.8 Å². The second-order valence-electron chi connectivity index (χ2n) is 4.74. The number of hydrogen-bond acceptors (Lipinski definition) is 3. The van der Waals surface area contributed by atoms with Crippen LogP contribution >= 0.6 is 0 Å². The number of hydrogen-bond donors (Lipinski definition) is 1. The van der Waals surface area contributed by atoms with Gasteiger partial charge in [0.2, 0.25) is 0 Å². The van der Waals surface area contributed by atoms with Gasteiger partial charge in [0.05, 0.1) is 6.61 Å². The zero-order valence-corrected chi connectivity index (χ0v) is 10.8. The van der Waals surface area contributed by atoms with Gasteiger partial charge in [-0.15, -0.1) is 0 Å². The average molecular weight is 216 g/mol. The minimum absolute atomic E-state index is 0.583. The first kappa shape index (κ1) is 14.9. The molecular weight excluding hydrogens is 188 g/mol. The SMILES string of the molecule is CC(C)COCCN(CCCN)C(C)C. The Balaban J connectivity index is 3.57. The zero-order chi connectivity index (χ0) is 11.7. The van der Waals surface area contributed by atoms with Crippen molar-refractivity contribution in [2.24, 2.45) is 11.7 Å². The van der Waals surface area contributed by atoms with Gasteiger partial charge in [0.25, 0.3) is 0 Å². The van der Waals surface area contributed by atoms with Crippen LogP contribution in [0.15, 0.2) is 0 Å². The van der Waals surface area contributed by atoms with E-state index >= 15 is 0 Å². The molecular formula is C12H28N2O. The lowest BCUT2D eigenvalue weighted by Gasteiger charge is -2.26. The summed E-state index contributed by atoms with van der Waals surface area (Å²) in [6, 6.07) is 0.583. The van der Waals surface area contributed by atoms with Gasteiger partial charge in [0, 0.05) is 19.2 Å². The van der Waals surface area contributed by atoms with E-state index in [4.69, 9.17) is 10.5 Å². The third-order valence-corrected chi connectivity index (χ3v) is 2.35. The quantitative estimate of drug-likeness (QED) is 0.596. The summed E-state index contributed by atoms with van der Waals surface area (Å²) in [7, 11) is 0. The predicted molar refractivity (Wildman–Crippen MR) is 66.0 cm³/mol. The lowest BCUT2D eigenvalue weighted by atomic mass is 10.2. The summed E-state index contributed by atoms with van der Waals surface area (Å²) in [6.45, 7) is 13.4. The molecule has 0 saturated heterocycles. The van der Waals surface area contributed by atoms with Crippen molar-refractivity contribution < 1.29 is 4.74 Å². The summed E-state index contributed by atoms with van der Waals surface area (Å²) in [6.07, 6.45) is 1.07. The van der Waals surface area contributed by atoms with Crippen LogP contribution in [-0.2, 0) is 4.74 Å². The molecule has 0 aliphatic heterocycles. The van der Waals surface area contributed by atoms with Crippen molar-refractivity contribution in [2.45, 2.75) is 40.2 Å². The van der Waals surface area contributed by atoms with Gasteiger partial charge in [0.1, 0.15) is 0 Å². The highest BCUT2D eigenvalue weighted by molar-refractivity contribution is 4.62. The van der Waals surface area contributed by atoms with E-state index in [1.54, 1.807) is 0 Å². The lowest BCUT2D eigenvalue weighted by Crippen LogP contribution is -2.35. The van der Waals surface area contributed by atoms with Gasteiger partial charge in [-0.1, -0.05) is 13.8 Å². The predicted octanol–water partition coefficient (Wildman–Crippen LogP) is 1.72. The molecule has 3 nitrogen and oxygen atoms in total. The summed E-state index contributed by atoms with van der Waals surface area (Å²) in [5.41, 5.74) is 5.51. The first-order valence-corrected chi connectivity index (χ1v) is 6.09. The fourth-order valence-electron chi connectivity index (χ4n) is 1.42. The van der Waals surface area contributed by atoms with Crippen LogP contribution < -0.4 is 5.73 Å². The molecule has 0 fully saturated rings. The average Bonchev–Trinajstić information content (AvgIpc) is 2.15. The van der Waals surface area contributed by atoms with Gasteiger partial charge in [0.15, 0.2) is 0 Å². The summed E-state index contributed by atoms with van der Waals surface area (Å²) in [4.78, 5) is 2.42. The molecule has 15 heavy (non-hydrogen) atoms. The van der Waals surface area contributed by atoms with Crippen molar-refractivity contribution in [3.8, 4) is 0 Å². The van der Waals surface area contributed by atoms with E-state index < -0.39 is 0 Å². The normalized spacial score (nSPS) is 12.0. The topological polar surface area (TPSA) is 38.5 Å². The Hall–Kier alpha value is -0.120. The van der Waals surface area contributed by atoms with E-state index in [1.807, 2.05) is 0 Å². The Morgan fingerprint density at radius 1 is 1.13 bits per heavy atom. The molecule has 0 bridgehead atoms. The summed E-state index contributed by atoms with van der Waals surface area (Å²) >= 11 is 0. The molecule has 0 spiro atoms. The molecule has 0 radical (unpaired) electrons. The molecule has 0 aromatic heterocycles. The van der Waals surface area contributed by atoms with Crippen molar-refractivity contribution >= 4 is 0 Å². The molecule has 0 unspecified atom stereocenters. The molecule has 0 rings (SSSR count). The fourth-order valence-corrected chi connectivity index (χ4v) is 1.42. The standard InChI is InChI=1S/C12H28N2O/c1-11(2)10-15-9-8-14(12(3)4)7-5-6-13/h11-12H,5-10,13H2,1-4H3. The molecule has 92 valence electrons. The van der Waals surface area contributed by atoms with E-state index in [0.29, 0.717) is 12.0 Å². The van der Waals surface area contributed by atoms with Crippen LogP contribution in [0.1, 0.15) is 34.1 Å². The Morgan fingerprint density at radius 2 is 1.80 bits per heavy atom. The highest BCUT2D eigenvalue weighted by Crippen LogP contribution is 2.00. The van der Waals surface area contributed by atoms with E-state index in [1.165, 1.54) is 0 Å². The van der Waals surface area contributed by atoms with Crippen molar-refractivity contribution in [1.82, 2.24) is 4.90 Å². The largest absolute Gasteiger partial charge is 0.380 e. The van der Waals surface area contributed by atoms with E-state index in [9.17, 15) is 0 Å². The van der Waals surface area contributed by atoms with Crippen LogP contribution in [0.25, 0.3) is 0 Å². The molecule has 0 aromatic rings. The van der Waals surface area contributed by atoms with Gasteiger partial charge in [-0.05, 0) is 39.3 Å². The molecule has 0 aliphatic carbocycles. The maximum Gasteiger partial charge on any atom is 0.0593 e. The second-order valence-corrected chi connectivity index (χ2v) is 4.74. The smallest absolute Gasteiger partial charge is 0.0593 e. The third-order valence-electron chi connectivity index (χ3n) is 2.35. The Labute approximate surface area is 95.0 Å². The molecule has 0 saturated carbocycles. The first-order valence-electron chi connectivity index (χ1n) is 6.09. The highest BCUT2D eigenvalue weighted by Gasteiger charge is 2.08. The molecule has 3 heteroatoms. The van der Waals surface area contributed by atoms with Crippen LogP contribution in [0, 0.1) is 5.92 Å². The van der Waals surface area contributed by atoms with Crippen molar-refractivity contribution in [2.75, 3.05) is 32.8 Å². The van der Waals surface area contributed by atoms with E-state index in [0.717, 1.165) is 39.3 Å². The Bertz CT molecular complexity index is 138. The first-order chi connectivity index (χ1) is 7.07. The van der Waals surface area contributed by atoms with Crippen LogP contribution in [0.4, 0.5) is 0 Å². The van der Waals surface area contributed by atoms with Crippen molar-refractivity contribution in [1.29, 1.82) is 0 Å². The maximum absolute atomic E-state index is 5.58. The summed E-state index contributed by atoms with van der Waals surface area (Å²) in [5.74, 6) is 0.626. The van der Waals surface area contributed by atoms with Gasteiger partial charge in [-0.25, -0.2) is 0 Å². The molecule has 0 amide bonds. The highest BCUT2D eigenvalue weighted by atomic mass is 16.5. The summed E-state index contributed by atoms with van der Waals surface area (Å²) < 4.78 is 5.58. The van der Waals surface area contributed by atoms with Crippen LogP contribution in [0.5, 0.6) is 0 Å². The van der Waals surface area contributed by atoms with Gasteiger partial charge in [-0.2, -0.15) is 0 Å². The molecule has 0 aliphatic rings. The minimum Gasteiger partial charge on any atom is -0.380 e. The number of nitrogens with two attached hydrogens (primary N) is 1. The number of nitrogens with zero attached hydrogens (tertiary/aromatic N) is 1. The lowest BCUT2D eigenvalue weighted by molar-refractivity contribution is 0.0765. The zero-order valence-electron chi connectivity index (χ0n) is 10.8. The molecule has 0 atom stereocenters. The fraction of sp³-hybridized carbons (Fsp3) is 1.00. The van der Waals surface area contributed by atoms with Crippen molar-refractivity contribution in [3.63, 3.8) is 0 Å². The Kier molecular flexibility index (Phi) is 9.06. The van der Waals surface area contributed by atoms with E-state index in [-0.39, 0.29) is 0 Å². The van der Waals surface area contributed by atoms with Gasteiger partial charge < -0.3 is 10.5 Å².